The van der Waals surface area contributed by atoms with Crippen molar-refractivity contribution in [3.8, 4) is 11.1 Å². The molecule has 8 saturated carbocycles. The molecule has 2 heterocycles. The molecule has 1 spiro atoms. The predicted molar refractivity (Wildman–Crippen MR) is 189 cm³/mol. The Balaban J connectivity index is 0.753. The Hall–Kier alpha value is -2.05. The summed E-state index contributed by atoms with van der Waals surface area (Å²) in [6.45, 7) is 4.43. The van der Waals surface area contributed by atoms with Gasteiger partial charge in [0.15, 0.2) is 0 Å². The van der Waals surface area contributed by atoms with E-state index in [1.54, 1.807) is 5.19 Å². The number of nitrogens with one attached hydrogen (secondary N) is 2. The molecule has 240 valence electrons. The molecule has 8 aliphatic carbocycles. The lowest BCUT2D eigenvalue weighted by molar-refractivity contribution is -0.207. The highest BCUT2D eigenvalue weighted by Gasteiger charge is 2.80. The third-order valence-corrected chi connectivity index (χ3v) is 18.2. The van der Waals surface area contributed by atoms with Gasteiger partial charge in [0, 0.05) is 52.7 Å². The van der Waals surface area contributed by atoms with Crippen LogP contribution in [0.5, 0.6) is 0 Å². The highest BCUT2D eigenvalue weighted by Crippen LogP contribution is 2.82. The number of nitrogens with zero attached hydrogens (tertiary/aromatic N) is 2. The van der Waals surface area contributed by atoms with Crippen LogP contribution in [0.2, 0.25) is 17.6 Å². The molecule has 6 bridgehead atoms. The molecule has 8 atom stereocenters. The van der Waals surface area contributed by atoms with Crippen molar-refractivity contribution in [3.05, 3.63) is 77.3 Å². The molecule has 0 aliphatic heterocycles. The number of fused-ring (bicyclic) bond motifs is 1. The maximum Gasteiger partial charge on any atom is 0.0700 e. The molecule has 2 aromatic heterocycles. The van der Waals surface area contributed by atoms with Crippen LogP contribution in [0.15, 0.2) is 60.9 Å². The van der Waals surface area contributed by atoms with E-state index in [2.05, 4.69) is 53.7 Å². The molecule has 8 unspecified atom stereocenters. The Morgan fingerprint density at radius 1 is 0.761 bits per heavy atom. The lowest BCUT2D eigenvalue weighted by atomic mass is 9.35. The van der Waals surface area contributed by atoms with Crippen LogP contribution in [0.25, 0.3) is 11.1 Å². The van der Waals surface area contributed by atoms with Crippen molar-refractivity contribution in [2.75, 3.05) is 0 Å². The molecule has 8 fully saturated rings. The maximum atomic E-state index is 6.43. The summed E-state index contributed by atoms with van der Waals surface area (Å²) in [6.07, 6.45) is 18.8. The van der Waals surface area contributed by atoms with E-state index in [1.165, 1.54) is 75.9 Å². The summed E-state index contributed by atoms with van der Waals surface area (Å²) in [4.78, 5) is 9.89. The number of rotatable bonds is 10. The molecule has 0 saturated heterocycles. The molecular weight excluding hydrogens is 600 g/mol. The Labute approximate surface area is 281 Å². The van der Waals surface area contributed by atoms with Gasteiger partial charge in [-0.1, -0.05) is 54.5 Å². The second-order valence-corrected chi connectivity index (χ2v) is 20.7. The molecule has 0 radical (unpaired) electrons. The lowest BCUT2D eigenvalue weighted by Gasteiger charge is -2.73. The van der Waals surface area contributed by atoms with Gasteiger partial charge in [0.2, 0.25) is 0 Å². The molecule has 8 aliphatic rings. The van der Waals surface area contributed by atoms with E-state index in [1.807, 2.05) is 24.4 Å². The van der Waals surface area contributed by atoms with Gasteiger partial charge >= 0.3 is 0 Å². The van der Waals surface area contributed by atoms with Gasteiger partial charge < -0.3 is 10.6 Å². The molecule has 3 aromatic rings. The summed E-state index contributed by atoms with van der Waals surface area (Å²) in [6, 6.07) is 18.7. The van der Waals surface area contributed by atoms with Crippen molar-refractivity contribution in [1.82, 2.24) is 20.6 Å². The van der Waals surface area contributed by atoms with E-state index in [0.29, 0.717) is 16.5 Å². The summed E-state index contributed by atoms with van der Waals surface area (Å²) in [5.74, 6) is 6.72. The van der Waals surface area contributed by atoms with E-state index in [9.17, 15) is 0 Å². The quantitative estimate of drug-likeness (QED) is 0.223. The largest absolute Gasteiger partial charge is 0.306 e. The topological polar surface area (TPSA) is 49.8 Å². The van der Waals surface area contributed by atoms with Crippen molar-refractivity contribution < 1.29 is 0 Å². The van der Waals surface area contributed by atoms with Gasteiger partial charge in [-0.25, -0.2) is 0 Å². The van der Waals surface area contributed by atoms with Gasteiger partial charge in [0.05, 0.1) is 20.2 Å². The average Bonchev–Trinajstić information content (AvgIpc) is 3.55. The smallest absolute Gasteiger partial charge is 0.0700 e. The summed E-state index contributed by atoms with van der Waals surface area (Å²) < 4.78 is 0. The molecule has 0 amide bonds. The van der Waals surface area contributed by atoms with Crippen molar-refractivity contribution in [1.29, 1.82) is 0 Å². The molecule has 46 heavy (non-hydrogen) atoms. The zero-order chi connectivity index (χ0) is 30.7. The lowest BCUT2D eigenvalue weighted by Crippen LogP contribution is -2.75. The first-order valence-electron chi connectivity index (χ1n) is 18.6. The van der Waals surface area contributed by atoms with E-state index < -0.39 is 8.80 Å². The fourth-order valence-corrected chi connectivity index (χ4v) is 16.4. The summed E-state index contributed by atoms with van der Waals surface area (Å²) >= 11 is 6.43. The summed E-state index contributed by atoms with van der Waals surface area (Å²) in [7, 11) is -1.03. The minimum absolute atomic E-state index is 0.314. The number of halogens is 1. The summed E-state index contributed by atoms with van der Waals surface area (Å²) in [5.41, 5.74) is 6.02. The number of hydrogen-bond donors (Lipinski definition) is 2. The van der Waals surface area contributed by atoms with Crippen molar-refractivity contribution >= 4 is 25.6 Å². The van der Waals surface area contributed by atoms with Crippen molar-refractivity contribution in [3.63, 3.8) is 0 Å². The van der Waals surface area contributed by atoms with Crippen LogP contribution in [0.4, 0.5) is 0 Å². The van der Waals surface area contributed by atoms with Crippen molar-refractivity contribution in [2.24, 2.45) is 46.8 Å². The van der Waals surface area contributed by atoms with Crippen LogP contribution in [0, 0.1) is 46.8 Å². The highest BCUT2D eigenvalue weighted by molar-refractivity contribution is 6.72. The standard InChI is InChI=1S/C40H49ClN4Si/c1-46(34-9-8-33(43-23-34)22-45-39-15-26-12-30-13-31(19-39)40(30,39)16-26)24-36-28-10-25-11-29(36)18-38(14-25,17-28)44-21-32-7-6-27(20-42-32)35-4-2-3-5-37(35)41/h2-9,20,23,25-26,28-31,36,44-46H,10-19,21-22,24H2,1H3. The minimum Gasteiger partial charge on any atom is -0.306 e. The van der Waals surface area contributed by atoms with E-state index in [4.69, 9.17) is 21.6 Å². The zero-order valence-electron chi connectivity index (χ0n) is 27.4. The fraction of sp³-hybridized carbons (Fsp3) is 0.600. The second kappa shape index (κ2) is 10.5. The van der Waals surface area contributed by atoms with Crippen LogP contribution >= 0.6 is 11.6 Å². The molecule has 1 aromatic carbocycles. The Morgan fingerprint density at radius 2 is 1.54 bits per heavy atom. The van der Waals surface area contributed by atoms with Gasteiger partial charge in [-0.05, 0) is 134 Å². The second-order valence-electron chi connectivity index (χ2n) is 17.3. The first-order valence-corrected chi connectivity index (χ1v) is 21.5. The molecule has 4 nitrogen and oxygen atoms in total. The Morgan fingerprint density at radius 3 is 2.26 bits per heavy atom. The number of aromatic nitrogens is 2. The molecule has 11 rings (SSSR count). The first kappa shape index (κ1) is 28.9. The first-order chi connectivity index (χ1) is 22.4. The third kappa shape index (κ3) is 4.30. The fourth-order valence-electron chi connectivity index (χ4n) is 13.5. The monoisotopic (exact) mass is 648 g/mol. The van der Waals surface area contributed by atoms with Crippen LogP contribution in [-0.2, 0) is 13.1 Å². The zero-order valence-corrected chi connectivity index (χ0v) is 29.3. The summed E-state index contributed by atoms with van der Waals surface area (Å²) in [5, 5.41) is 10.6. The van der Waals surface area contributed by atoms with Gasteiger partial charge in [-0.15, -0.1) is 0 Å². The van der Waals surface area contributed by atoms with Gasteiger partial charge in [0.25, 0.3) is 0 Å². The highest BCUT2D eigenvalue weighted by atomic mass is 35.5. The Bertz CT molecular complexity index is 1630. The van der Waals surface area contributed by atoms with E-state index in [-0.39, 0.29) is 0 Å². The van der Waals surface area contributed by atoms with Crippen LogP contribution < -0.4 is 15.8 Å². The molecule has 6 heteroatoms. The predicted octanol–water partition coefficient (Wildman–Crippen LogP) is 7.51. The van der Waals surface area contributed by atoms with Crippen LogP contribution in [0.3, 0.4) is 0 Å². The number of hydrogen-bond acceptors (Lipinski definition) is 4. The van der Waals surface area contributed by atoms with Crippen LogP contribution in [0.1, 0.15) is 75.6 Å². The van der Waals surface area contributed by atoms with E-state index >= 15 is 0 Å². The van der Waals surface area contributed by atoms with Crippen LogP contribution in [-0.4, -0.2) is 29.8 Å². The number of pyridine rings is 2. The SMILES string of the molecule is C[SiH](CC1C2CC3CC1CC(NCc1ccc(-c4ccccc4Cl)cn1)(C3)C2)c1ccc(CNC23CC4CC5CC(C2)C53C4)nc1. The third-order valence-electron chi connectivity index (χ3n) is 15.2. The maximum absolute atomic E-state index is 6.43. The van der Waals surface area contributed by atoms with Gasteiger partial charge in [-0.2, -0.15) is 0 Å². The Kier molecular flexibility index (Phi) is 6.58. The average molecular weight is 649 g/mol. The van der Waals surface area contributed by atoms with Crippen molar-refractivity contribution in [2.45, 2.75) is 101 Å². The number of benzene rings is 1. The van der Waals surface area contributed by atoms with Gasteiger partial charge in [-0.3, -0.25) is 9.97 Å². The van der Waals surface area contributed by atoms with Gasteiger partial charge in [0.1, 0.15) is 0 Å². The molecule has 2 N–H and O–H groups in total. The normalized spacial score (nSPS) is 41.2. The minimum atomic E-state index is -1.03. The van der Waals surface area contributed by atoms with E-state index in [0.717, 1.165) is 76.4 Å². The molecular formula is C40H49ClN4Si.